The number of carbonyl (C=O) groups excluding carboxylic acids is 1. The minimum atomic E-state index is -1.02. The van der Waals surface area contributed by atoms with Crippen molar-refractivity contribution in [2.75, 3.05) is 13.2 Å². The van der Waals surface area contributed by atoms with E-state index in [9.17, 15) is 13.6 Å². The first-order valence-electron chi connectivity index (χ1n) is 5.85. The van der Waals surface area contributed by atoms with Crippen molar-refractivity contribution in [3.8, 4) is 0 Å². The molecule has 4 heteroatoms. The van der Waals surface area contributed by atoms with Crippen LogP contribution in [0.3, 0.4) is 0 Å². The largest absolute Gasteiger partial charge is 0.373 e. The average Bonchev–Trinajstić information content (AvgIpc) is 2.26. The Morgan fingerprint density at radius 2 is 1.89 bits per heavy atom. The van der Waals surface area contributed by atoms with Crippen molar-refractivity contribution in [3.05, 3.63) is 35.4 Å². The third-order valence-corrected chi connectivity index (χ3v) is 2.47. The predicted molar refractivity (Wildman–Crippen MR) is 65.6 cm³/mol. The van der Waals surface area contributed by atoms with Gasteiger partial charge in [-0.1, -0.05) is 20.8 Å². The quantitative estimate of drug-likeness (QED) is 0.594. The molecule has 0 aliphatic carbocycles. The van der Waals surface area contributed by atoms with Gasteiger partial charge in [0, 0.05) is 12.2 Å². The topological polar surface area (TPSA) is 26.3 Å². The highest BCUT2D eigenvalue weighted by Crippen LogP contribution is 2.18. The molecule has 2 nitrogen and oxygen atoms in total. The number of rotatable bonds is 5. The van der Waals surface area contributed by atoms with Crippen LogP contribution < -0.4 is 0 Å². The van der Waals surface area contributed by atoms with Crippen molar-refractivity contribution in [2.24, 2.45) is 5.41 Å². The summed E-state index contributed by atoms with van der Waals surface area (Å²) >= 11 is 0. The highest BCUT2D eigenvalue weighted by molar-refractivity contribution is 5.97. The Kier molecular flexibility index (Phi) is 4.96. The normalized spacial score (nSPS) is 11.6. The summed E-state index contributed by atoms with van der Waals surface area (Å²) in [5, 5.41) is 0. The summed E-state index contributed by atoms with van der Waals surface area (Å²) in [5.74, 6) is -2.32. The monoisotopic (exact) mass is 256 g/mol. The minimum Gasteiger partial charge on any atom is -0.373 e. The number of halogens is 2. The van der Waals surface area contributed by atoms with Gasteiger partial charge in [-0.3, -0.25) is 4.79 Å². The van der Waals surface area contributed by atoms with Gasteiger partial charge in [0.15, 0.2) is 17.4 Å². The van der Waals surface area contributed by atoms with E-state index in [1.807, 2.05) is 0 Å². The predicted octanol–water partition coefficient (Wildman–Crippen LogP) is 3.60. The van der Waals surface area contributed by atoms with E-state index in [1.165, 1.54) is 6.07 Å². The molecule has 1 aromatic carbocycles. The van der Waals surface area contributed by atoms with Crippen molar-refractivity contribution < 1.29 is 18.3 Å². The van der Waals surface area contributed by atoms with Gasteiger partial charge < -0.3 is 4.74 Å². The maximum Gasteiger partial charge on any atom is 0.188 e. The second-order valence-electron chi connectivity index (χ2n) is 5.42. The molecule has 0 bridgehead atoms. The molecule has 0 fully saturated rings. The molecule has 1 rings (SSSR count). The van der Waals surface area contributed by atoms with E-state index in [0.717, 1.165) is 18.6 Å². The molecule has 0 aliphatic heterocycles. The first-order valence-corrected chi connectivity index (χ1v) is 5.85. The maximum absolute atomic E-state index is 12.9. The van der Waals surface area contributed by atoms with Gasteiger partial charge in [0.1, 0.15) is 6.61 Å². The van der Waals surface area contributed by atoms with Crippen LogP contribution in [0.25, 0.3) is 0 Å². The Bertz CT molecular complexity index is 422. The first kappa shape index (κ1) is 14.8. The number of carbonyl (C=O) groups is 1. The van der Waals surface area contributed by atoms with Gasteiger partial charge in [-0.15, -0.1) is 0 Å². The molecule has 0 spiro atoms. The van der Waals surface area contributed by atoms with Gasteiger partial charge in [0.25, 0.3) is 0 Å². The second-order valence-corrected chi connectivity index (χ2v) is 5.42. The van der Waals surface area contributed by atoms with E-state index in [1.54, 1.807) is 0 Å². The van der Waals surface area contributed by atoms with E-state index in [4.69, 9.17) is 4.74 Å². The second kappa shape index (κ2) is 6.05. The number of benzene rings is 1. The van der Waals surface area contributed by atoms with Gasteiger partial charge in [0.2, 0.25) is 0 Å². The van der Waals surface area contributed by atoms with Crippen LogP contribution in [-0.4, -0.2) is 19.0 Å². The Morgan fingerprint density at radius 3 is 2.44 bits per heavy atom. The fourth-order valence-corrected chi connectivity index (χ4v) is 1.30. The molecule has 0 aromatic heterocycles. The number of hydrogen-bond donors (Lipinski definition) is 0. The molecule has 0 heterocycles. The van der Waals surface area contributed by atoms with Crippen molar-refractivity contribution in [1.82, 2.24) is 0 Å². The van der Waals surface area contributed by atoms with E-state index < -0.39 is 11.6 Å². The summed E-state index contributed by atoms with van der Waals surface area (Å²) in [6.45, 7) is 6.59. The minimum absolute atomic E-state index is 0.110. The Morgan fingerprint density at radius 1 is 1.22 bits per heavy atom. The third-order valence-electron chi connectivity index (χ3n) is 2.47. The van der Waals surface area contributed by atoms with Gasteiger partial charge in [-0.2, -0.15) is 0 Å². The average molecular weight is 256 g/mol. The molecule has 0 radical (unpaired) electrons. The van der Waals surface area contributed by atoms with E-state index >= 15 is 0 Å². The van der Waals surface area contributed by atoms with Crippen molar-refractivity contribution in [2.45, 2.75) is 27.2 Å². The fraction of sp³-hybridized carbons (Fsp3) is 0.500. The zero-order valence-corrected chi connectivity index (χ0v) is 10.9. The molecule has 18 heavy (non-hydrogen) atoms. The van der Waals surface area contributed by atoms with Gasteiger partial charge in [-0.05, 0) is 30.0 Å². The summed E-state index contributed by atoms with van der Waals surface area (Å²) in [5.41, 5.74) is 0.273. The number of Topliss-reactive ketones (excluding diaryl/α,β-unsaturated/α-hetero) is 1. The lowest BCUT2D eigenvalue weighted by Gasteiger charge is -2.17. The fourth-order valence-electron chi connectivity index (χ4n) is 1.30. The lowest BCUT2D eigenvalue weighted by molar-refractivity contribution is 0.0705. The number of ether oxygens (including phenoxy) is 1. The molecule has 0 aliphatic rings. The molecule has 100 valence electrons. The van der Waals surface area contributed by atoms with Crippen LogP contribution in [0.1, 0.15) is 37.6 Å². The Balaban J connectivity index is 2.43. The summed E-state index contributed by atoms with van der Waals surface area (Å²) in [7, 11) is 0. The van der Waals surface area contributed by atoms with E-state index in [0.29, 0.717) is 6.61 Å². The number of ketones is 1. The summed E-state index contributed by atoms with van der Waals surface area (Å²) in [6.07, 6.45) is 0.831. The van der Waals surface area contributed by atoms with Crippen LogP contribution in [0.4, 0.5) is 8.78 Å². The van der Waals surface area contributed by atoms with Crippen LogP contribution in [-0.2, 0) is 4.74 Å². The smallest absolute Gasteiger partial charge is 0.188 e. The number of hydrogen-bond acceptors (Lipinski definition) is 2. The summed E-state index contributed by atoms with van der Waals surface area (Å²) < 4.78 is 30.8. The molecular formula is C14H18F2O2. The lowest BCUT2D eigenvalue weighted by Crippen LogP contribution is -2.14. The molecular weight excluding hydrogens is 238 g/mol. The maximum atomic E-state index is 12.9. The van der Waals surface area contributed by atoms with Crippen LogP contribution >= 0.6 is 0 Å². The Hall–Kier alpha value is -1.29. The van der Waals surface area contributed by atoms with E-state index in [-0.39, 0.29) is 23.4 Å². The molecule has 0 atom stereocenters. The van der Waals surface area contributed by atoms with Crippen LogP contribution in [0.5, 0.6) is 0 Å². The van der Waals surface area contributed by atoms with Crippen LogP contribution in [0.2, 0.25) is 0 Å². The SMILES string of the molecule is CC(C)(C)CCOCC(=O)c1ccc(F)c(F)c1. The summed E-state index contributed by atoms with van der Waals surface area (Å²) in [6, 6.07) is 3.09. The highest BCUT2D eigenvalue weighted by atomic mass is 19.2. The third kappa shape index (κ3) is 4.92. The first-order chi connectivity index (χ1) is 8.29. The standard InChI is InChI=1S/C14H18F2O2/c1-14(2,3)6-7-18-9-13(17)10-4-5-11(15)12(16)8-10/h4-5,8H,6-7,9H2,1-3H3. The van der Waals surface area contributed by atoms with Gasteiger partial charge in [-0.25, -0.2) is 8.78 Å². The molecule has 1 aromatic rings. The molecule has 0 N–H and O–H groups in total. The molecule has 0 unspecified atom stereocenters. The van der Waals surface area contributed by atoms with Crippen LogP contribution in [0, 0.1) is 17.0 Å². The van der Waals surface area contributed by atoms with Crippen molar-refractivity contribution >= 4 is 5.78 Å². The lowest BCUT2D eigenvalue weighted by atomic mass is 9.93. The molecule has 0 amide bonds. The van der Waals surface area contributed by atoms with Crippen LogP contribution in [0.15, 0.2) is 18.2 Å². The van der Waals surface area contributed by atoms with Gasteiger partial charge in [0.05, 0.1) is 0 Å². The Labute approximate surface area is 106 Å². The van der Waals surface area contributed by atoms with E-state index in [2.05, 4.69) is 20.8 Å². The molecule has 0 saturated heterocycles. The van der Waals surface area contributed by atoms with Crippen molar-refractivity contribution in [1.29, 1.82) is 0 Å². The zero-order valence-electron chi connectivity index (χ0n) is 10.9. The summed E-state index contributed by atoms with van der Waals surface area (Å²) in [4.78, 5) is 11.6. The zero-order chi connectivity index (χ0) is 13.8. The van der Waals surface area contributed by atoms with Crippen molar-refractivity contribution in [3.63, 3.8) is 0 Å². The van der Waals surface area contributed by atoms with Gasteiger partial charge >= 0.3 is 0 Å². The molecule has 0 saturated carbocycles. The highest BCUT2D eigenvalue weighted by Gasteiger charge is 2.12.